The molecular formula is C52H50N2OS. The van der Waals surface area contributed by atoms with Crippen LogP contribution in [0.4, 0.5) is 5.69 Å². The van der Waals surface area contributed by atoms with Gasteiger partial charge < -0.3 is 10.2 Å². The maximum Gasteiger partial charge on any atom is 0.136 e. The van der Waals surface area contributed by atoms with Crippen molar-refractivity contribution in [3.8, 4) is 22.4 Å². The predicted molar refractivity (Wildman–Crippen MR) is 245 cm³/mol. The molecule has 0 radical (unpaired) electrons. The molecule has 0 aliphatic rings. The van der Waals surface area contributed by atoms with E-state index in [1.54, 1.807) is 0 Å². The standard InChI is InChI=1S/C25H17NS.C21H17NO.C4H10.C2H6/c1-2-15-7-5-11-21(26-15)20-14-13-19-17-9-4-3-8-16(17)18-10-6-12-22-23(18)24(19)25(20)27-22;22-21-18-11-4-5-12-19(18)23-20(21)14-15-7-6-10-17(13-15)16-8-2-1-3-9-16;1-3-4-2;1-2/h3-14H,2H2,1H3;1-13H,14,22H2;3-4H2,1-2H3;1-2H3. The molecule has 0 amide bonds. The van der Waals surface area contributed by atoms with Gasteiger partial charge >= 0.3 is 0 Å². The van der Waals surface area contributed by atoms with Crippen LogP contribution in [0.1, 0.15) is 64.5 Å². The average molecular weight is 751 g/mol. The number of hydrogen-bond donors (Lipinski definition) is 1. The Kier molecular flexibility index (Phi) is 12.1. The van der Waals surface area contributed by atoms with Gasteiger partial charge in [0.25, 0.3) is 0 Å². The zero-order valence-electron chi connectivity index (χ0n) is 33.1. The Labute approximate surface area is 334 Å². The summed E-state index contributed by atoms with van der Waals surface area (Å²) in [5, 5.41) is 9.17. The topological polar surface area (TPSA) is 52.0 Å². The number of rotatable bonds is 6. The van der Waals surface area contributed by atoms with Crippen LogP contribution in [0.25, 0.3) is 75.1 Å². The van der Waals surface area contributed by atoms with Crippen molar-refractivity contribution in [3.05, 3.63) is 169 Å². The van der Waals surface area contributed by atoms with Crippen molar-refractivity contribution >= 4 is 69.7 Å². The molecule has 0 atom stereocenters. The number of nitrogen functional groups attached to an aromatic ring is 1. The van der Waals surface area contributed by atoms with Gasteiger partial charge in [-0.3, -0.25) is 4.98 Å². The van der Waals surface area contributed by atoms with E-state index in [1.807, 2.05) is 55.5 Å². The van der Waals surface area contributed by atoms with E-state index < -0.39 is 0 Å². The number of anilines is 1. The van der Waals surface area contributed by atoms with Crippen LogP contribution in [0.3, 0.4) is 0 Å². The number of benzene rings is 7. The first-order valence-electron chi connectivity index (χ1n) is 20.0. The molecule has 280 valence electrons. The van der Waals surface area contributed by atoms with Gasteiger partial charge in [-0.05, 0) is 75.0 Å². The minimum atomic E-state index is 0.696. The average Bonchev–Trinajstić information content (AvgIpc) is 3.82. The lowest BCUT2D eigenvalue weighted by Gasteiger charge is -2.11. The van der Waals surface area contributed by atoms with Crippen molar-refractivity contribution in [1.82, 2.24) is 4.98 Å². The molecule has 0 saturated heterocycles. The van der Waals surface area contributed by atoms with Crippen molar-refractivity contribution in [1.29, 1.82) is 0 Å². The first-order valence-corrected chi connectivity index (χ1v) is 20.8. The molecule has 10 aromatic rings. The third-order valence-electron chi connectivity index (χ3n) is 10.2. The zero-order valence-corrected chi connectivity index (χ0v) is 33.9. The van der Waals surface area contributed by atoms with Crippen molar-refractivity contribution < 1.29 is 4.42 Å². The first kappa shape index (κ1) is 38.3. The fourth-order valence-electron chi connectivity index (χ4n) is 7.28. The summed E-state index contributed by atoms with van der Waals surface area (Å²) in [5.41, 5.74) is 14.9. The van der Waals surface area contributed by atoms with Gasteiger partial charge in [0.1, 0.15) is 11.3 Å². The zero-order chi connectivity index (χ0) is 39.0. The Hall–Kier alpha value is -5.97. The minimum absolute atomic E-state index is 0.696. The third kappa shape index (κ3) is 7.63. The lowest BCUT2D eigenvalue weighted by atomic mass is 9.93. The fraction of sp³-hybridized carbons (Fsp3) is 0.173. The van der Waals surface area contributed by atoms with Gasteiger partial charge in [-0.2, -0.15) is 0 Å². The number of furan rings is 1. The van der Waals surface area contributed by atoms with Crippen LogP contribution in [-0.2, 0) is 12.8 Å². The summed E-state index contributed by atoms with van der Waals surface area (Å²) in [7, 11) is 0. The highest BCUT2D eigenvalue weighted by Crippen LogP contribution is 2.47. The summed E-state index contributed by atoms with van der Waals surface area (Å²) in [6, 6.07) is 53.2. The molecule has 4 heteroatoms. The molecule has 0 unspecified atom stereocenters. The van der Waals surface area contributed by atoms with Crippen molar-refractivity contribution in [2.75, 3.05) is 5.73 Å². The first-order chi connectivity index (χ1) is 27.6. The van der Waals surface area contributed by atoms with Crippen LogP contribution in [0.2, 0.25) is 0 Å². The second kappa shape index (κ2) is 17.7. The van der Waals surface area contributed by atoms with Crippen molar-refractivity contribution in [2.45, 2.75) is 60.3 Å². The van der Waals surface area contributed by atoms with Gasteiger partial charge in [0.05, 0.1) is 11.4 Å². The van der Waals surface area contributed by atoms with E-state index >= 15 is 0 Å². The number of aryl methyl sites for hydroxylation is 1. The van der Waals surface area contributed by atoms with E-state index in [0.717, 1.165) is 40.2 Å². The van der Waals surface area contributed by atoms with Crippen LogP contribution < -0.4 is 5.73 Å². The maximum absolute atomic E-state index is 6.24. The van der Waals surface area contributed by atoms with Gasteiger partial charge in [-0.25, -0.2) is 0 Å². The predicted octanol–water partition coefficient (Wildman–Crippen LogP) is 15.5. The number of thiophene rings is 1. The van der Waals surface area contributed by atoms with Crippen molar-refractivity contribution in [3.63, 3.8) is 0 Å². The molecule has 2 N–H and O–H groups in total. The number of nitrogens with two attached hydrogens (primary N) is 1. The van der Waals surface area contributed by atoms with Crippen LogP contribution in [0.15, 0.2) is 156 Å². The summed E-state index contributed by atoms with van der Waals surface area (Å²) in [6.07, 6.45) is 4.29. The van der Waals surface area contributed by atoms with Gasteiger partial charge in [-0.1, -0.05) is 169 Å². The van der Waals surface area contributed by atoms with E-state index in [9.17, 15) is 0 Å². The largest absolute Gasteiger partial charge is 0.458 e. The van der Waals surface area contributed by atoms with Gasteiger partial charge in [0, 0.05) is 43.2 Å². The highest BCUT2D eigenvalue weighted by atomic mass is 32.1. The van der Waals surface area contributed by atoms with Crippen LogP contribution in [0.5, 0.6) is 0 Å². The Morgan fingerprint density at radius 1 is 0.571 bits per heavy atom. The molecule has 10 rings (SSSR count). The summed E-state index contributed by atoms with van der Waals surface area (Å²) in [4.78, 5) is 4.90. The van der Waals surface area contributed by atoms with Gasteiger partial charge in [0.15, 0.2) is 0 Å². The molecule has 56 heavy (non-hydrogen) atoms. The number of fused-ring (bicyclic) bond motifs is 4. The normalized spacial score (nSPS) is 10.9. The number of nitrogens with zero attached hydrogens (tertiary/aromatic N) is 1. The Bertz CT molecular complexity index is 2830. The van der Waals surface area contributed by atoms with Crippen LogP contribution in [-0.4, -0.2) is 4.98 Å². The Balaban J connectivity index is 0.000000152. The van der Waals surface area contributed by atoms with E-state index in [0.29, 0.717) is 6.42 Å². The second-order valence-electron chi connectivity index (χ2n) is 13.7. The maximum atomic E-state index is 6.24. The van der Waals surface area contributed by atoms with E-state index in [1.165, 1.54) is 76.8 Å². The quantitative estimate of drug-likeness (QED) is 0.172. The Morgan fingerprint density at radius 2 is 1.20 bits per heavy atom. The number of hydrogen-bond acceptors (Lipinski definition) is 4. The van der Waals surface area contributed by atoms with Crippen LogP contribution in [0, 0.1) is 0 Å². The molecule has 7 aromatic carbocycles. The molecule has 3 aromatic heterocycles. The molecule has 0 bridgehead atoms. The molecule has 3 heterocycles. The number of para-hydroxylation sites is 1. The monoisotopic (exact) mass is 750 g/mol. The minimum Gasteiger partial charge on any atom is -0.458 e. The highest BCUT2D eigenvalue weighted by Gasteiger charge is 2.19. The molecule has 0 spiro atoms. The summed E-state index contributed by atoms with van der Waals surface area (Å²) in [5.74, 6) is 0.830. The molecule has 0 aliphatic carbocycles. The number of aromatic nitrogens is 1. The summed E-state index contributed by atoms with van der Waals surface area (Å²) >= 11 is 1.90. The lowest BCUT2D eigenvalue weighted by Crippen LogP contribution is -1.92. The summed E-state index contributed by atoms with van der Waals surface area (Å²) < 4.78 is 8.63. The number of pyridine rings is 1. The summed E-state index contributed by atoms with van der Waals surface area (Å²) in [6.45, 7) is 10.5. The molecule has 0 aliphatic heterocycles. The van der Waals surface area contributed by atoms with Crippen LogP contribution >= 0.6 is 11.3 Å². The highest BCUT2D eigenvalue weighted by molar-refractivity contribution is 7.26. The molecule has 3 nitrogen and oxygen atoms in total. The fourth-order valence-corrected chi connectivity index (χ4v) is 8.55. The van der Waals surface area contributed by atoms with E-state index in [2.05, 4.69) is 142 Å². The van der Waals surface area contributed by atoms with Gasteiger partial charge in [-0.15, -0.1) is 11.3 Å². The molecule has 0 fully saturated rings. The molecule has 0 saturated carbocycles. The number of unbranched alkanes of at least 4 members (excludes halogenated alkanes) is 1. The second-order valence-corrected chi connectivity index (χ2v) is 14.8. The van der Waals surface area contributed by atoms with Crippen molar-refractivity contribution in [2.24, 2.45) is 0 Å². The lowest BCUT2D eigenvalue weighted by molar-refractivity contribution is 0.565. The van der Waals surface area contributed by atoms with E-state index in [4.69, 9.17) is 15.1 Å². The SMILES string of the molecule is CC.CCCC.CCc1cccc(-c2ccc3c4ccccc4c4cccc5sc2c3c54)n1.Nc1c(Cc2cccc(-c3ccccc3)c2)oc2ccccc12. The van der Waals surface area contributed by atoms with E-state index in [-0.39, 0.29) is 0 Å². The third-order valence-corrected chi connectivity index (χ3v) is 11.4. The Morgan fingerprint density at radius 3 is 1.91 bits per heavy atom. The van der Waals surface area contributed by atoms with Gasteiger partial charge in [0.2, 0.25) is 0 Å². The molecular weight excluding hydrogens is 701 g/mol. The smallest absolute Gasteiger partial charge is 0.136 e.